The number of carbonyl (C=O) groups is 1. The molecular formula is C33H62F2N8O14. The van der Waals surface area contributed by atoms with Crippen molar-refractivity contribution >= 4 is 5.91 Å². The molecule has 4 heterocycles. The molecule has 0 aromatic carbocycles. The zero-order valence-corrected chi connectivity index (χ0v) is 31.5. The van der Waals surface area contributed by atoms with Crippen LogP contribution in [0.15, 0.2) is 0 Å². The molecule has 0 aromatic heterocycles. The number of aliphatic hydroxyl groups excluding tert-OH is 6. The number of nitrogens with two attached hydrogens (primary N) is 5. The molecule has 0 radical (unpaired) electrons. The molecular weight excluding hydrogens is 770 g/mol. The second-order valence-electron chi connectivity index (χ2n) is 15.7. The van der Waals surface area contributed by atoms with E-state index >= 15 is 0 Å². The monoisotopic (exact) mass is 832 g/mol. The summed E-state index contributed by atoms with van der Waals surface area (Å²) in [5, 5.41) is 83.5. The van der Waals surface area contributed by atoms with Crippen LogP contribution in [-0.4, -0.2) is 209 Å². The van der Waals surface area contributed by atoms with Crippen LogP contribution in [0.2, 0.25) is 0 Å². The van der Waals surface area contributed by atoms with E-state index in [9.17, 15) is 49.3 Å². The number of aliphatic hydroxyl groups is 7. The number of carbonyl (C=O) groups excluding carboxylic acids is 1. The van der Waals surface area contributed by atoms with Gasteiger partial charge in [-0.1, -0.05) is 0 Å². The Hall–Kier alpha value is -1.47. The Morgan fingerprint density at radius 2 is 1.51 bits per heavy atom. The Labute approximate surface area is 327 Å². The Bertz CT molecular complexity index is 1280. The van der Waals surface area contributed by atoms with E-state index in [-0.39, 0.29) is 13.0 Å². The quantitative estimate of drug-likeness (QED) is 0.0686. The summed E-state index contributed by atoms with van der Waals surface area (Å²) in [6, 6.07) is -4.58. The first-order valence-corrected chi connectivity index (χ1v) is 19.4. The van der Waals surface area contributed by atoms with Crippen LogP contribution in [0.3, 0.4) is 0 Å². The SMILES string of the molecule is NC[C@@H]1O[C@H](O[C@H]2[C@@H](O)[C@H](O[C@@H]3[C@@H](O)[C@H](NC(=O)[C@@H](O)C(F)(F)CN)C[C@H](N)[C@H]3O[C@H]3O[C@H](CNCC4(O)CCNCC4)CC[C@H]3N)O[C@@H]2CO)[C@H](N)[C@@H](O)[C@@H]1O. The number of halogens is 2. The lowest BCUT2D eigenvalue weighted by Crippen LogP contribution is -2.67. The third-order valence-corrected chi connectivity index (χ3v) is 11.5. The maximum absolute atomic E-state index is 14.1. The fourth-order valence-corrected chi connectivity index (χ4v) is 7.84. The standard InChI is InChI=1S/C33H62F2N8O14/c34-33(35,11-37)27(49)28(50)43-16-7-15(39)24(55-29-14(38)2-1-13(52-29)9-42-12-32(51)3-5-41-6-4-32)26(20(16)45)57-31-23(48)25(18(10-44)54-31)56-30-19(40)22(47)21(46)17(8-36)53-30/h13-27,29-31,41-42,44-49,51H,1-12,36-40H2,(H,43,50)/t13-,14+,15-,16+,17-,18+,19+,20-,21+,22+,23+,24+,25+,26+,27+,29+,30+,31-/m0/s1. The summed E-state index contributed by atoms with van der Waals surface area (Å²) in [5.41, 5.74) is 28.8. The van der Waals surface area contributed by atoms with Crippen LogP contribution in [0.5, 0.6) is 0 Å². The molecule has 4 saturated heterocycles. The van der Waals surface area contributed by atoms with Gasteiger partial charge >= 0.3 is 0 Å². The van der Waals surface area contributed by atoms with Crippen molar-refractivity contribution < 1.29 is 77.7 Å². The highest BCUT2D eigenvalue weighted by Gasteiger charge is 2.55. The van der Waals surface area contributed by atoms with Crippen LogP contribution in [0.4, 0.5) is 8.78 Å². The van der Waals surface area contributed by atoms with Crippen LogP contribution in [-0.2, 0) is 33.2 Å². The minimum Gasteiger partial charge on any atom is -0.394 e. The Kier molecular flexibility index (Phi) is 16.3. The van der Waals surface area contributed by atoms with Crippen molar-refractivity contribution in [3.63, 3.8) is 0 Å². The molecule has 0 spiro atoms. The van der Waals surface area contributed by atoms with Gasteiger partial charge in [-0.2, -0.15) is 0 Å². The molecule has 5 rings (SSSR count). The van der Waals surface area contributed by atoms with Gasteiger partial charge in [0.15, 0.2) is 25.0 Å². The molecule has 1 aliphatic carbocycles. The highest BCUT2D eigenvalue weighted by molar-refractivity contribution is 5.82. The van der Waals surface area contributed by atoms with Crippen LogP contribution >= 0.6 is 0 Å². The zero-order chi connectivity index (χ0) is 41.8. The van der Waals surface area contributed by atoms with Crippen molar-refractivity contribution in [3.8, 4) is 0 Å². The molecule has 332 valence electrons. The predicted octanol–water partition coefficient (Wildman–Crippen LogP) is -7.98. The molecule has 22 nitrogen and oxygen atoms in total. The number of hydrogen-bond acceptors (Lipinski definition) is 21. The van der Waals surface area contributed by atoms with Gasteiger partial charge < -0.3 is 109 Å². The van der Waals surface area contributed by atoms with Gasteiger partial charge in [0, 0.05) is 25.7 Å². The molecule has 1 amide bonds. The van der Waals surface area contributed by atoms with Gasteiger partial charge in [0.25, 0.3) is 11.8 Å². The van der Waals surface area contributed by atoms with Gasteiger partial charge in [-0.3, -0.25) is 4.79 Å². The van der Waals surface area contributed by atoms with Crippen molar-refractivity contribution in [2.24, 2.45) is 28.7 Å². The normalized spacial score (nSPS) is 43.4. The lowest BCUT2D eigenvalue weighted by Gasteiger charge is -2.47. The second kappa shape index (κ2) is 19.9. The third-order valence-electron chi connectivity index (χ3n) is 11.5. The molecule has 20 N–H and O–H groups in total. The van der Waals surface area contributed by atoms with Crippen LogP contribution in [0, 0.1) is 0 Å². The maximum Gasteiger partial charge on any atom is 0.294 e. The lowest BCUT2D eigenvalue weighted by molar-refractivity contribution is -0.290. The number of rotatable bonds is 16. The molecule has 4 aliphatic heterocycles. The van der Waals surface area contributed by atoms with Gasteiger partial charge in [-0.25, -0.2) is 8.78 Å². The van der Waals surface area contributed by atoms with E-state index in [1.807, 2.05) is 0 Å². The van der Waals surface area contributed by atoms with E-state index in [0.29, 0.717) is 51.9 Å². The highest BCUT2D eigenvalue weighted by Crippen LogP contribution is 2.35. The van der Waals surface area contributed by atoms with E-state index in [1.165, 1.54) is 0 Å². The Morgan fingerprint density at radius 1 is 0.860 bits per heavy atom. The van der Waals surface area contributed by atoms with Crippen LogP contribution < -0.4 is 44.6 Å². The molecule has 0 unspecified atom stereocenters. The number of piperidine rings is 1. The summed E-state index contributed by atoms with van der Waals surface area (Å²) in [4.78, 5) is 12.7. The number of alkyl halides is 2. The highest BCUT2D eigenvalue weighted by atomic mass is 19.3. The van der Waals surface area contributed by atoms with E-state index < -0.39 is 141 Å². The lowest BCUT2D eigenvalue weighted by atomic mass is 9.83. The predicted molar refractivity (Wildman–Crippen MR) is 190 cm³/mol. The van der Waals surface area contributed by atoms with E-state index in [4.69, 9.17) is 57.1 Å². The van der Waals surface area contributed by atoms with Crippen molar-refractivity contribution in [3.05, 3.63) is 0 Å². The molecule has 18 atom stereocenters. The smallest absolute Gasteiger partial charge is 0.294 e. The summed E-state index contributed by atoms with van der Waals surface area (Å²) in [5.74, 6) is -5.56. The molecule has 57 heavy (non-hydrogen) atoms. The molecule has 0 aromatic rings. The van der Waals surface area contributed by atoms with Gasteiger partial charge in [0.2, 0.25) is 0 Å². The molecule has 5 fully saturated rings. The molecule has 24 heteroatoms. The summed E-state index contributed by atoms with van der Waals surface area (Å²) >= 11 is 0. The Morgan fingerprint density at radius 3 is 2.16 bits per heavy atom. The largest absolute Gasteiger partial charge is 0.394 e. The number of ether oxygens (including phenoxy) is 6. The minimum atomic E-state index is -4.00. The molecule has 5 aliphatic rings. The number of hydrogen-bond donors (Lipinski definition) is 15. The van der Waals surface area contributed by atoms with Crippen molar-refractivity contribution in [2.45, 2.75) is 154 Å². The first-order valence-electron chi connectivity index (χ1n) is 19.4. The van der Waals surface area contributed by atoms with Crippen molar-refractivity contribution in [1.29, 1.82) is 0 Å². The summed E-state index contributed by atoms with van der Waals surface area (Å²) in [6.45, 7) is -0.265. The zero-order valence-electron chi connectivity index (χ0n) is 31.5. The molecule has 0 bridgehead atoms. The van der Waals surface area contributed by atoms with Gasteiger partial charge in [-0.15, -0.1) is 0 Å². The summed E-state index contributed by atoms with van der Waals surface area (Å²) in [7, 11) is 0. The average molecular weight is 833 g/mol. The fourth-order valence-electron chi connectivity index (χ4n) is 7.84. The summed E-state index contributed by atoms with van der Waals surface area (Å²) < 4.78 is 64.1. The average Bonchev–Trinajstić information content (AvgIpc) is 3.48. The van der Waals surface area contributed by atoms with Gasteiger partial charge in [-0.05, 0) is 45.2 Å². The topological polar surface area (TPSA) is 380 Å². The van der Waals surface area contributed by atoms with Crippen LogP contribution in [0.25, 0.3) is 0 Å². The van der Waals surface area contributed by atoms with Crippen LogP contribution in [0.1, 0.15) is 32.1 Å². The van der Waals surface area contributed by atoms with Crippen molar-refractivity contribution in [1.82, 2.24) is 16.0 Å². The second-order valence-corrected chi connectivity index (χ2v) is 15.7. The number of nitrogens with one attached hydrogen (secondary N) is 3. The third kappa shape index (κ3) is 10.9. The summed E-state index contributed by atoms with van der Waals surface area (Å²) in [6.07, 6.45) is -19.1. The van der Waals surface area contributed by atoms with E-state index in [2.05, 4.69) is 16.0 Å². The van der Waals surface area contributed by atoms with E-state index in [1.54, 1.807) is 0 Å². The van der Waals surface area contributed by atoms with Crippen molar-refractivity contribution in [2.75, 3.05) is 45.9 Å². The first-order chi connectivity index (χ1) is 26.9. The fraction of sp³-hybridized carbons (Fsp3) is 0.970. The van der Waals surface area contributed by atoms with Gasteiger partial charge in [0.05, 0.1) is 43.0 Å². The minimum absolute atomic E-state index is 0.226. The first kappa shape index (κ1) is 46.6. The van der Waals surface area contributed by atoms with Gasteiger partial charge in [0.1, 0.15) is 54.9 Å². The Balaban J connectivity index is 1.32. The molecule has 1 saturated carbocycles. The maximum atomic E-state index is 14.1. The van der Waals surface area contributed by atoms with E-state index in [0.717, 1.165) is 0 Å². The number of amides is 1.